The zero-order valence-electron chi connectivity index (χ0n) is 11.5. The van der Waals surface area contributed by atoms with E-state index in [1.54, 1.807) is 0 Å². The summed E-state index contributed by atoms with van der Waals surface area (Å²) in [5.41, 5.74) is 2.68. The summed E-state index contributed by atoms with van der Waals surface area (Å²) in [5, 5.41) is 0.248. The molecule has 0 aromatic heterocycles. The Balaban J connectivity index is 2.32. The lowest BCUT2D eigenvalue weighted by atomic mass is 10.1. The van der Waals surface area contributed by atoms with Crippen molar-refractivity contribution < 1.29 is 4.43 Å². The van der Waals surface area contributed by atoms with Gasteiger partial charge < -0.3 is 4.43 Å². The van der Waals surface area contributed by atoms with E-state index < -0.39 is 8.32 Å². The first-order valence-corrected chi connectivity index (χ1v) is 9.19. The molecule has 2 heteroatoms. The molecule has 0 saturated heterocycles. The van der Waals surface area contributed by atoms with Crippen molar-refractivity contribution in [3.63, 3.8) is 0 Å². The second-order valence-corrected chi connectivity index (χ2v) is 11.0. The van der Waals surface area contributed by atoms with Crippen LogP contribution in [0.15, 0.2) is 24.3 Å². The van der Waals surface area contributed by atoms with Crippen LogP contribution in [0.1, 0.15) is 31.9 Å². The standard InChI is InChI=1S/C15H22OSi/c1-15(2,3)17(4,5)16-14-11-7-9-12-8-6-10-13(12)14/h6-7,9-11H,8H2,1-5H3. The van der Waals surface area contributed by atoms with Gasteiger partial charge in [0.25, 0.3) is 8.32 Å². The molecule has 0 N–H and O–H groups in total. The Bertz CT molecular complexity index is 452. The van der Waals surface area contributed by atoms with Gasteiger partial charge in [-0.2, -0.15) is 0 Å². The molecule has 0 amide bonds. The fraction of sp³-hybridized carbons (Fsp3) is 0.467. The molecule has 1 aliphatic carbocycles. The Kier molecular flexibility index (Phi) is 2.94. The highest BCUT2D eigenvalue weighted by Gasteiger charge is 2.39. The molecule has 1 aromatic carbocycles. The van der Waals surface area contributed by atoms with Crippen molar-refractivity contribution in [2.24, 2.45) is 0 Å². The smallest absolute Gasteiger partial charge is 0.250 e. The van der Waals surface area contributed by atoms with Crippen molar-refractivity contribution >= 4 is 14.4 Å². The van der Waals surface area contributed by atoms with E-state index in [9.17, 15) is 0 Å². The quantitative estimate of drug-likeness (QED) is 0.691. The Labute approximate surface area is 106 Å². The van der Waals surface area contributed by atoms with E-state index in [0.29, 0.717) is 0 Å². The second kappa shape index (κ2) is 4.02. The van der Waals surface area contributed by atoms with Crippen LogP contribution in [0.3, 0.4) is 0 Å². The summed E-state index contributed by atoms with van der Waals surface area (Å²) in [6.07, 6.45) is 5.45. The maximum absolute atomic E-state index is 6.40. The Morgan fingerprint density at radius 3 is 2.53 bits per heavy atom. The van der Waals surface area contributed by atoms with Gasteiger partial charge in [0, 0.05) is 5.56 Å². The summed E-state index contributed by atoms with van der Waals surface area (Å²) in [6, 6.07) is 6.40. The first kappa shape index (κ1) is 12.4. The van der Waals surface area contributed by atoms with Crippen molar-refractivity contribution in [3.05, 3.63) is 35.4 Å². The number of rotatable bonds is 2. The second-order valence-electron chi connectivity index (χ2n) is 6.30. The van der Waals surface area contributed by atoms with Crippen LogP contribution >= 0.6 is 0 Å². The van der Waals surface area contributed by atoms with Gasteiger partial charge in [-0.1, -0.05) is 45.1 Å². The molecule has 0 atom stereocenters. The van der Waals surface area contributed by atoms with Crippen LogP contribution in [0.25, 0.3) is 6.08 Å². The van der Waals surface area contributed by atoms with Gasteiger partial charge in [0.05, 0.1) is 0 Å². The molecule has 1 aliphatic rings. The molecular weight excluding hydrogens is 224 g/mol. The minimum Gasteiger partial charge on any atom is -0.543 e. The summed E-state index contributed by atoms with van der Waals surface area (Å²) < 4.78 is 6.40. The molecule has 0 radical (unpaired) electrons. The Hall–Kier alpha value is -1.02. The third-order valence-corrected chi connectivity index (χ3v) is 8.29. The predicted octanol–water partition coefficient (Wildman–Crippen LogP) is 4.64. The van der Waals surface area contributed by atoms with E-state index in [4.69, 9.17) is 4.43 Å². The molecule has 0 bridgehead atoms. The van der Waals surface area contributed by atoms with E-state index in [1.807, 2.05) is 0 Å². The minimum atomic E-state index is -1.72. The number of benzene rings is 1. The van der Waals surface area contributed by atoms with E-state index in [2.05, 4.69) is 64.2 Å². The molecule has 2 rings (SSSR count). The van der Waals surface area contributed by atoms with Crippen LogP contribution in [0.2, 0.25) is 18.1 Å². The van der Waals surface area contributed by atoms with Gasteiger partial charge in [-0.15, -0.1) is 0 Å². The van der Waals surface area contributed by atoms with Crippen molar-refractivity contribution in [1.82, 2.24) is 0 Å². The van der Waals surface area contributed by atoms with Crippen LogP contribution in [-0.4, -0.2) is 8.32 Å². The van der Waals surface area contributed by atoms with Gasteiger partial charge >= 0.3 is 0 Å². The highest BCUT2D eigenvalue weighted by atomic mass is 28.4. The molecule has 0 fully saturated rings. The lowest BCUT2D eigenvalue weighted by Gasteiger charge is -2.37. The monoisotopic (exact) mass is 246 g/mol. The van der Waals surface area contributed by atoms with Crippen LogP contribution in [-0.2, 0) is 6.42 Å². The highest BCUT2D eigenvalue weighted by molar-refractivity contribution is 6.74. The van der Waals surface area contributed by atoms with Crippen LogP contribution < -0.4 is 4.43 Å². The van der Waals surface area contributed by atoms with Gasteiger partial charge in [-0.25, -0.2) is 0 Å². The lowest BCUT2D eigenvalue weighted by molar-refractivity contribution is 0.491. The first-order chi connectivity index (χ1) is 7.81. The topological polar surface area (TPSA) is 9.23 Å². The molecule has 17 heavy (non-hydrogen) atoms. The van der Waals surface area contributed by atoms with Gasteiger partial charge in [0.2, 0.25) is 0 Å². The molecule has 1 nitrogen and oxygen atoms in total. The maximum Gasteiger partial charge on any atom is 0.250 e. The molecule has 0 unspecified atom stereocenters. The molecular formula is C15H22OSi. The summed E-state index contributed by atoms with van der Waals surface area (Å²) in [6.45, 7) is 11.4. The van der Waals surface area contributed by atoms with Crippen molar-refractivity contribution in [2.75, 3.05) is 0 Å². The largest absolute Gasteiger partial charge is 0.543 e. The van der Waals surface area contributed by atoms with Gasteiger partial charge in [-0.3, -0.25) is 0 Å². The molecule has 0 heterocycles. The fourth-order valence-corrected chi connectivity index (χ4v) is 2.81. The van der Waals surface area contributed by atoms with Crippen LogP contribution in [0.4, 0.5) is 0 Å². The zero-order chi connectivity index (χ0) is 12.7. The highest BCUT2D eigenvalue weighted by Crippen LogP contribution is 2.39. The van der Waals surface area contributed by atoms with E-state index in [0.717, 1.165) is 12.2 Å². The third kappa shape index (κ3) is 2.32. The summed E-state index contributed by atoms with van der Waals surface area (Å²) >= 11 is 0. The van der Waals surface area contributed by atoms with Crippen molar-refractivity contribution in [2.45, 2.75) is 45.3 Å². The fourth-order valence-electron chi connectivity index (χ4n) is 1.78. The number of fused-ring (bicyclic) bond motifs is 1. The Morgan fingerprint density at radius 2 is 1.88 bits per heavy atom. The van der Waals surface area contributed by atoms with E-state index >= 15 is 0 Å². The predicted molar refractivity (Wildman–Crippen MR) is 77.0 cm³/mol. The minimum absolute atomic E-state index is 0.248. The van der Waals surface area contributed by atoms with Crippen molar-refractivity contribution in [3.8, 4) is 5.75 Å². The van der Waals surface area contributed by atoms with Gasteiger partial charge in [-0.05, 0) is 36.2 Å². The molecule has 1 aromatic rings. The van der Waals surface area contributed by atoms with E-state index in [1.165, 1.54) is 11.1 Å². The summed E-state index contributed by atoms with van der Waals surface area (Å²) in [5.74, 6) is 1.07. The van der Waals surface area contributed by atoms with Crippen LogP contribution in [0, 0.1) is 0 Å². The maximum atomic E-state index is 6.40. The number of hydrogen-bond donors (Lipinski definition) is 0. The first-order valence-electron chi connectivity index (χ1n) is 6.29. The molecule has 0 aliphatic heterocycles. The van der Waals surface area contributed by atoms with E-state index in [-0.39, 0.29) is 5.04 Å². The molecule has 0 saturated carbocycles. The summed E-state index contributed by atoms with van der Waals surface area (Å²) in [7, 11) is -1.72. The SMILES string of the molecule is CC(C)(C)[Si](C)(C)Oc1cccc2c1C=CC2. The zero-order valence-corrected chi connectivity index (χ0v) is 12.5. The third-order valence-electron chi connectivity index (χ3n) is 3.95. The molecule has 92 valence electrons. The Morgan fingerprint density at radius 1 is 1.18 bits per heavy atom. The van der Waals surface area contributed by atoms with Gasteiger partial charge in [0.1, 0.15) is 5.75 Å². The number of hydrogen-bond acceptors (Lipinski definition) is 1. The normalized spacial score (nSPS) is 14.9. The number of allylic oxidation sites excluding steroid dienone is 1. The average Bonchev–Trinajstić information content (AvgIpc) is 2.64. The van der Waals surface area contributed by atoms with Gasteiger partial charge in [0.15, 0.2) is 0 Å². The van der Waals surface area contributed by atoms with Crippen molar-refractivity contribution in [1.29, 1.82) is 0 Å². The lowest BCUT2D eigenvalue weighted by Crippen LogP contribution is -2.44. The van der Waals surface area contributed by atoms with Crippen LogP contribution in [0.5, 0.6) is 5.75 Å². The average molecular weight is 246 g/mol. The molecule has 0 spiro atoms. The summed E-state index contributed by atoms with van der Waals surface area (Å²) in [4.78, 5) is 0.